The molecule has 2 aromatic carbocycles. The van der Waals surface area contributed by atoms with Gasteiger partial charge in [-0.2, -0.15) is 0 Å². The van der Waals surface area contributed by atoms with Crippen LogP contribution in [0.25, 0.3) is 0 Å². The Labute approximate surface area is 203 Å². The molecule has 3 unspecified atom stereocenters. The van der Waals surface area contributed by atoms with Crippen molar-refractivity contribution >= 4 is 0 Å². The number of likely N-dealkylation sites (tertiary alicyclic amines) is 1. The van der Waals surface area contributed by atoms with Crippen LogP contribution in [0.4, 0.5) is 0 Å². The van der Waals surface area contributed by atoms with E-state index in [1.165, 1.54) is 61.0 Å². The van der Waals surface area contributed by atoms with E-state index in [1.807, 2.05) is 0 Å². The van der Waals surface area contributed by atoms with Crippen molar-refractivity contribution in [3.8, 4) is 0 Å². The number of aryl methyl sites for hydroxylation is 2. The minimum Gasteiger partial charge on any atom is -0.330 e. The zero-order valence-corrected chi connectivity index (χ0v) is 21.5. The van der Waals surface area contributed by atoms with Crippen molar-refractivity contribution < 1.29 is 0 Å². The summed E-state index contributed by atoms with van der Waals surface area (Å²) < 4.78 is 0. The third kappa shape index (κ3) is 8.55. The first-order chi connectivity index (χ1) is 15.9. The van der Waals surface area contributed by atoms with Gasteiger partial charge in [-0.15, -0.1) is 0 Å². The molecule has 1 saturated heterocycles. The molecule has 3 atom stereocenters. The molecule has 33 heavy (non-hydrogen) atoms. The minimum atomic E-state index is 0.456. The van der Waals surface area contributed by atoms with Gasteiger partial charge in [0.2, 0.25) is 0 Å². The first kappa shape index (κ1) is 25.9. The number of hydrogen-bond donors (Lipinski definition) is 2. The lowest BCUT2D eigenvalue weighted by molar-refractivity contribution is 0.155. The molecule has 0 amide bonds. The molecule has 3 nitrogen and oxygen atoms in total. The SMILES string of the molecule is Cc1ccc(CC(C)CC(C)CNC(c2ccc(C)cc2)C2CCN(CCCN)CC2)cc1. The van der Waals surface area contributed by atoms with Gasteiger partial charge in [-0.25, -0.2) is 0 Å². The molecule has 0 spiro atoms. The highest BCUT2D eigenvalue weighted by atomic mass is 15.1. The average molecular weight is 450 g/mol. The normalized spacial score (nSPS) is 18.2. The summed E-state index contributed by atoms with van der Waals surface area (Å²) in [6.45, 7) is 14.6. The number of nitrogens with zero attached hydrogens (tertiary/aromatic N) is 1. The van der Waals surface area contributed by atoms with Gasteiger partial charge in [0, 0.05) is 6.04 Å². The lowest BCUT2D eigenvalue weighted by Gasteiger charge is -2.37. The van der Waals surface area contributed by atoms with Gasteiger partial charge >= 0.3 is 0 Å². The first-order valence-corrected chi connectivity index (χ1v) is 13.2. The van der Waals surface area contributed by atoms with E-state index in [0.29, 0.717) is 23.8 Å². The van der Waals surface area contributed by atoms with Crippen molar-refractivity contribution in [3.63, 3.8) is 0 Å². The van der Waals surface area contributed by atoms with Crippen molar-refractivity contribution in [2.45, 2.75) is 65.8 Å². The third-order valence-corrected chi connectivity index (χ3v) is 7.41. The van der Waals surface area contributed by atoms with Crippen LogP contribution >= 0.6 is 0 Å². The van der Waals surface area contributed by atoms with Gasteiger partial charge in [0.25, 0.3) is 0 Å². The van der Waals surface area contributed by atoms with Crippen LogP contribution in [0.1, 0.15) is 67.8 Å². The summed E-state index contributed by atoms with van der Waals surface area (Å²) in [6, 6.07) is 18.8. The lowest BCUT2D eigenvalue weighted by atomic mass is 9.84. The van der Waals surface area contributed by atoms with E-state index in [4.69, 9.17) is 5.73 Å². The zero-order valence-electron chi connectivity index (χ0n) is 21.5. The van der Waals surface area contributed by atoms with E-state index in [0.717, 1.165) is 26.1 Å². The van der Waals surface area contributed by atoms with Crippen LogP contribution in [0.3, 0.4) is 0 Å². The largest absolute Gasteiger partial charge is 0.330 e. The van der Waals surface area contributed by atoms with Crippen LogP contribution in [0, 0.1) is 31.6 Å². The van der Waals surface area contributed by atoms with E-state index in [-0.39, 0.29) is 0 Å². The molecule has 3 heteroatoms. The van der Waals surface area contributed by atoms with Crippen LogP contribution in [-0.4, -0.2) is 37.6 Å². The number of benzene rings is 2. The molecule has 1 heterocycles. The summed E-state index contributed by atoms with van der Waals surface area (Å²) in [5.74, 6) is 2.08. The molecular formula is C30H47N3. The van der Waals surface area contributed by atoms with E-state index in [9.17, 15) is 0 Å². The highest BCUT2D eigenvalue weighted by Crippen LogP contribution is 2.31. The maximum absolute atomic E-state index is 5.72. The second kappa shape index (κ2) is 13.3. The topological polar surface area (TPSA) is 41.3 Å². The summed E-state index contributed by atoms with van der Waals surface area (Å²) in [5.41, 5.74) is 11.3. The quantitative estimate of drug-likeness (QED) is 0.424. The van der Waals surface area contributed by atoms with Crippen molar-refractivity contribution in [2.75, 3.05) is 32.7 Å². The van der Waals surface area contributed by atoms with Crippen LogP contribution in [0.5, 0.6) is 0 Å². The fourth-order valence-corrected chi connectivity index (χ4v) is 5.46. The molecule has 0 saturated carbocycles. The Bertz CT molecular complexity index is 790. The number of rotatable bonds is 12. The zero-order chi connectivity index (χ0) is 23.6. The predicted octanol–water partition coefficient (Wildman–Crippen LogP) is 5.90. The molecule has 1 aliphatic rings. The maximum atomic E-state index is 5.72. The summed E-state index contributed by atoms with van der Waals surface area (Å²) in [5, 5.41) is 4.02. The van der Waals surface area contributed by atoms with Crippen molar-refractivity contribution in [1.29, 1.82) is 0 Å². The molecule has 1 aliphatic heterocycles. The molecule has 0 bridgehead atoms. The Balaban J connectivity index is 1.54. The van der Waals surface area contributed by atoms with Crippen LogP contribution < -0.4 is 11.1 Å². The molecule has 0 aliphatic carbocycles. The van der Waals surface area contributed by atoms with Crippen LogP contribution in [0.2, 0.25) is 0 Å². The van der Waals surface area contributed by atoms with Crippen molar-refractivity contribution in [2.24, 2.45) is 23.5 Å². The Hall–Kier alpha value is -1.68. The van der Waals surface area contributed by atoms with E-state index in [2.05, 4.69) is 86.4 Å². The second-order valence-electron chi connectivity index (χ2n) is 10.8. The fourth-order valence-electron chi connectivity index (χ4n) is 5.46. The smallest absolute Gasteiger partial charge is 0.0349 e. The average Bonchev–Trinajstić information content (AvgIpc) is 2.81. The van der Waals surface area contributed by atoms with Gasteiger partial charge in [-0.3, -0.25) is 0 Å². The van der Waals surface area contributed by atoms with Crippen LogP contribution in [-0.2, 0) is 6.42 Å². The molecule has 0 radical (unpaired) electrons. The summed E-state index contributed by atoms with van der Waals surface area (Å²) in [7, 11) is 0. The lowest BCUT2D eigenvalue weighted by Crippen LogP contribution is -2.40. The van der Waals surface area contributed by atoms with E-state index >= 15 is 0 Å². The Morgan fingerprint density at radius 2 is 1.52 bits per heavy atom. The van der Waals surface area contributed by atoms with Gasteiger partial charge in [-0.05, 0) is 108 Å². The minimum absolute atomic E-state index is 0.456. The maximum Gasteiger partial charge on any atom is 0.0349 e. The van der Waals surface area contributed by atoms with Crippen molar-refractivity contribution in [3.05, 3.63) is 70.8 Å². The molecule has 2 aromatic rings. The molecular weight excluding hydrogens is 402 g/mol. The first-order valence-electron chi connectivity index (χ1n) is 13.2. The summed E-state index contributed by atoms with van der Waals surface area (Å²) in [6.07, 6.45) is 6.09. The second-order valence-corrected chi connectivity index (χ2v) is 10.8. The monoisotopic (exact) mass is 449 g/mol. The Kier molecular flexibility index (Phi) is 10.4. The predicted molar refractivity (Wildman–Crippen MR) is 143 cm³/mol. The van der Waals surface area contributed by atoms with Crippen LogP contribution in [0.15, 0.2) is 48.5 Å². The molecule has 0 aromatic heterocycles. The van der Waals surface area contributed by atoms with Gasteiger partial charge in [-0.1, -0.05) is 73.5 Å². The van der Waals surface area contributed by atoms with Gasteiger partial charge in [0.1, 0.15) is 0 Å². The number of nitrogens with one attached hydrogen (secondary N) is 1. The standard InChI is InChI=1S/C30H47N3/c1-23-6-10-27(11-7-23)21-25(3)20-26(4)22-32-30(28-12-8-24(2)9-13-28)29-14-18-33(19-15-29)17-5-16-31/h6-13,25-26,29-30,32H,5,14-22,31H2,1-4H3. The summed E-state index contributed by atoms with van der Waals surface area (Å²) >= 11 is 0. The van der Waals surface area contributed by atoms with Crippen molar-refractivity contribution in [1.82, 2.24) is 10.2 Å². The molecule has 182 valence electrons. The van der Waals surface area contributed by atoms with Gasteiger partial charge in [0.15, 0.2) is 0 Å². The number of hydrogen-bond acceptors (Lipinski definition) is 3. The number of nitrogens with two attached hydrogens (primary N) is 1. The molecule has 3 N–H and O–H groups in total. The molecule has 1 fully saturated rings. The molecule has 3 rings (SSSR count). The Morgan fingerprint density at radius 3 is 2.12 bits per heavy atom. The third-order valence-electron chi connectivity index (χ3n) is 7.41. The fraction of sp³-hybridized carbons (Fsp3) is 0.600. The number of piperidine rings is 1. The van der Waals surface area contributed by atoms with E-state index < -0.39 is 0 Å². The van der Waals surface area contributed by atoms with Gasteiger partial charge in [0.05, 0.1) is 0 Å². The Morgan fingerprint density at radius 1 is 0.909 bits per heavy atom. The van der Waals surface area contributed by atoms with Gasteiger partial charge < -0.3 is 16.0 Å². The highest BCUT2D eigenvalue weighted by Gasteiger charge is 2.27. The summed E-state index contributed by atoms with van der Waals surface area (Å²) in [4.78, 5) is 2.60. The van der Waals surface area contributed by atoms with E-state index in [1.54, 1.807) is 0 Å². The highest BCUT2D eigenvalue weighted by molar-refractivity contribution is 5.25.